The lowest BCUT2D eigenvalue weighted by atomic mass is 9.97. The Morgan fingerprint density at radius 3 is 3.00 bits per heavy atom. The van der Waals surface area contributed by atoms with Gasteiger partial charge in [0.25, 0.3) is 0 Å². The van der Waals surface area contributed by atoms with Crippen LogP contribution in [0.1, 0.15) is 23.6 Å². The van der Waals surface area contributed by atoms with Crippen LogP contribution in [-0.4, -0.2) is 6.61 Å². The molecule has 1 aromatic carbocycles. The molecule has 1 aliphatic heterocycles. The quantitative estimate of drug-likeness (QED) is 0.694. The summed E-state index contributed by atoms with van der Waals surface area (Å²) >= 11 is 6.00. The normalized spacial score (nSPS) is 20.7. The molecule has 0 aliphatic carbocycles. The van der Waals surface area contributed by atoms with Crippen LogP contribution in [0.25, 0.3) is 0 Å². The highest BCUT2D eigenvalue weighted by molar-refractivity contribution is 6.32. The maximum absolute atomic E-state index is 6.00. The highest BCUT2D eigenvalue weighted by Crippen LogP contribution is 2.38. The SMILES string of the molecule is Cc1ccc(Cl)c2c1[C@H](N)CCO2. The van der Waals surface area contributed by atoms with Gasteiger partial charge in [-0.3, -0.25) is 0 Å². The van der Waals surface area contributed by atoms with Gasteiger partial charge in [-0.25, -0.2) is 0 Å². The molecule has 0 saturated heterocycles. The molecule has 0 bridgehead atoms. The number of fused-ring (bicyclic) bond motifs is 1. The van der Waals surface area contributed by atoms with E-state index >= 15 is 0 Å². The van der Waals surface area contributed by atoms with Crippen molar-refractivity contribution in [3.8, 4) is 5.75 Å². The van der Waals surface area contributed by atoms with E-state index in [0.717, 1.165) is 23.3 Å². The summed E-state index contributed by atoms with van der Waals surface area (Å²) in [5.41, 5.74) is 8.20. The number of hydrogen-bond acceptors (Lipinski definition) is 2. The molecule has 13 heavy (non-hydrogen) atoms. The van der Waals surface area contributed by atoms with Crippen molar-refractivity contribution in [1.29, 1.82) is 0 Å². The minimum atomic E-state index is 0.0717. The Balaban J connectivity index is 2.60. The van der Waals surface area contributed by atoms with Gasteiger partial charge in [-0.05, 0) is 18.6 Å². The summed E-state index contributed by atoms with van der Waals surface area (Å²) in [4.78, 5) is 0. The lowest BCUT2D eigenvalue weighted by molar-refractivity contribution is 0.268. The zero-order valence-corrected chi connectivity index (χ0v) is 8.27. The van der Waals surface area contributed by atoms with Crippen LogP contribution in [0, 0.1) is 6.92 Å². The van der Waals surface area contributed by atoms with E-state index in [2.05, 4.69) is 0 Å². The minimum absolute atomic E-state index is 0.0717. The van der Waals surface area contributed by atoms with Gasteiger partial charge < -0.3 is 10.5 Å². The van der Waals surface area contributed by atoms with Gasteiger partial charge in [0.15, 0.2) is 0 Å². The number of ether oxygens (including phenoxy) is 1. The molecule has 0 amide bonds. The zero-order valence-electron chi connectivity index (χ0n) is 7.51. The molecule has 0 saturated carbocycles. The first-order chi connectivity index (χ1) is 6.20. The van der Waals surface area contributed by atoms with E-state index in [1.807, 2.05) is 19.1 Å². The second kappa shape index (κ2) is 3.20. The van der Waals surface area contributed by atoms with Crippen LogP contribution >= 0.6 is 11.6 Å². The first-order valence-corrected chi connectivity index (χ1v) is 4.75. The molecule has 1 atom stereocenters. The fourth-order valence-electron chi connectivity index (χ4n) is 1.71. The lowest BCUT2D eigenvalue weighted by Gasteiger charge is -2.25. The monoisotopic (exact) mass is 197 g/mol. The van der Waals surface area contributed by atoms with Gasteiger partial charge >= 0.3 is 0 Å². The highest BCUT2D eigenvalue weighted by atomic mass is 35.5. The fourth-order valence-corrected chi connectivity index (χ4v) is 1.93. The number of benzene rings is 1. The maximum atomic E-state index is 6.00. The summed E-state index contributed by atoms with van der Waals surface area (Å²) in [6, 6.07) is 3.91. The van der Waals surface area contributed by atoms with Crippen LogP contribution in [0.4, 0.5) is 0 Å². The summed E-state index contributed by atoms with van der Waals surface area (Å²) < 4.78 is 5.49. The first-order valence-electron chi connectivity index (χ1n) is 4.37. The molecule has 1 aromatic rings. The molecule has 2 N–H and O–H groups in total. The third-order valence-corrected chi connectivity index (χ3v) is 2.71. The number of nitrogens with two attached hydrogens (primary N) is 1. The summed E-state index contributed by atoms with van der Waals surface area (Å²) in [5.74, 6) is 0.778. The van der Waals surface area contributed by atoms with Gasteiger partial charge in [0.1, 0.15) is 5.75 Å². The Kier molecular flexibility index (Phi) is 2.18. The van der Waals surface area contributed by atoms with Crippen molar-refractivity contribution < 1.29 is 4.74 Å². The lowest BCUT2D eigenvalue weighted by Crippen LogP contribution is -2.21. The second-order valence-corrected chi connectivity index (χ2v) is 3.76. The molecule has 0 unspecified atom stereocenters. The van der Waals surface area contributed by atoms with Gasteiger partial charge in [0.05, 0.1) is 11.6 Å². The van der Waals surface area contributed by atoms with Gasteiger partial charge in [0.2, 0.25) is 0 Å². The average molecular weight is 198 g/mol. The van der Waals surface area contributed by atoms with Crippen LogP contribution in [0.5, 0.6) is 5.75 Å². The van der Waals surface area contributed by atoms with Gasteiger partial charge in [-0.2, -0.15) is 0 Å². The van der Waals surface area contributed by atoms with E-state index < -0.39 is 0 Å². The number of rotatable bonds is 0. The number of halogens is 1. The molecule has 0 radical (unpaired) electrons. The molecule has 1 heterocycles. The Labute approximate surface area is 82.6 Å². The zero-order chi connectivity index (χ0) is 9.42. The summed E-state index contributed by atoms with van der Waals surface area (Å²) in [6.07, 6.45) is 0.869. The van der Waals surface area contributed by atoms with Crippen LogP contribution in [-0.2, 0) is 0 Å². The topological polar surface area (TPSA) is 35.2 Å². The van der Waals surface area contributed by atoms with Crippen molar-refractivity contribution >= 4 is 11.6 Å². The van der Waals surface area contributed by atoms with Crippen molar-refractivity contribution in [2.24, 2.45) is 5.73 Å². The fraction of sp³-hybridized carbons (Fsp3) is 0.400. The van der Waals surface area contributed by atoms with Crippen molar-refractivity contribution in [2.45, 2.75) is 19.4 Å². The summed E-state index contributed by atoms with van der Waals surface area (Å²) in [6.45, 7) is 2.70. The standard InChI is InChI=1S/C10H12ClNO/c1-6-2-3-7(11)10-9(6)8(12)4-5-13-10/h2-3,8H,4-5,12H2,1H3/t8-/m1/s1. The third-order valence-electron chi connectivity index (χ3n) is 2.41. The first kappa shape index (κ1) is 8.85. The van der Waals surface area contributed by atoms with E-state index in [1.54, 1.807) is 0 Å². The Morgan fingerprint density at radius 2 is 2.31 bits per heavy atom. The molecular weight excluding hydrogens is 186 g/mol. The molecular formula is C10H12ClNO. The van der Waals surface area contributed by atoms with E-state index in [0.29, 0.717) is 11.6 Å². The average Bonchev–Trinajstić information content (AvgIpc) is 2.12. The molecule has 0 fully saturated rings. The molecule has 70 valence electrons. The van der Waals surface area contributed by atoms with Crippen molar-refractivity contribution in [2.75, 3.05) is 6.61 Å². The largest absolute Gasteiger partial charge is 0.492 e. The van der Waals surface area contributed by atoms with E-state index in [-0.39, 0.29) is 6.04 Å². The van der Waals surface area contributed by atoms with Crippen LogP contribution in [0.3, 0.4) is 0 Å². The maximum Gasteiger partial charge on any atom is 0.142 e. The third kappa shape index (κ3) is 1.40. The van der Waals surface area contributed by atoms with Crippen molar-refractivity contribution in [3.05, 3.63) is 28.3 Å². The molecule has 0 spiro atoms. The predicted molar refractivity (Wildman–Crippen MR) is 53.2 cm³/mol. The van der Waals surface area contributed by atoms with Crippen LogP contribution in [0.2, 0.25) is 5.02 Å². The molecule has 0 aromatic heterocycles. The van der Waals surface area contributed by atoms with Crippen molar-refractivity contribution in [1.82, 2.24) is 0 Å². The molecule has 2 nitrogen and oxygen atoms in total. The minimum Gasteiger partial charge on any atom is -0.492 e. The Morgan fingerprint density at radius 1 is 1.54 bits per heavy atom. The van der Waals surface area contributed by atoms with E-state index in [4.69, 9.17) is 22.1 Å². The van der Waals surface area contributed by atoms with Crippen LogP contribution < -0.4 is 10.5 Å². The number of hydrogen-bond donors (Lipinski definition) is 1. The van der Waals surface area contributed by atoms with Crippen molar-refractivity contribution in [3.63, 3.8) is 0 Å². The van der Waals surface area contributed by atoms with Gasteiger partial charge in [0, 0.05) is 18.0 Å². The second-order valence-electron chi connectivity index (χ2n) is 3.35. The summed E-state index contributed by atoms with van der Waals surface area (Å²) in [5, 5.41) is 0.663. The Hall–Kier alpha value is -0.730. The molecule has 2 rings (SSSR count). The predicted octanol–water partition coefficient (Wildman–Crippen LogP) is 2.43. The highest BCUT2D eigenvalue weighted by Gasteiger charge is 2.22. The molecule has 3 heteroatoms. The van der Waals surface area contributed by atoms with E-state index in [9.17, 15) is 0 Å². The number of aryl methyl sites for hydroxylation is 1. The smallest absolute Gasteiger partial charge is 0.142 e. The Bertz CT molecular complexity index is 338. The van der Waals surface area contributed by atoms with Gasteiger partial charge in [-0.1, -0.05) is 17.7 Å². The van der Waals surface area contributed by atoms with E-state index in [1.165, 1.54) is 0 Å². The van der Waals surface area contributed by atoms with Gasteiger partial charge in [-0.15, -0.1) is 0 Å². The summed E-state index contributed by atoms with van der Waals surface area (Å²) in [7, 11) is 0. The van der Waals surface area contributed by atoms with Crippen LogP contribution in [0.15, 0.2) is 12.1 Å². The molecule has 1 aliphatic rings.